The molecule has 1 atom stereocenters. The maximum Gasteiger partial charge on any atom is 0.162 e. The highest BCUT2D eigenvalue weighted by Crippen LogP contribution is 2.31. The minimum absolute atomic E-state index is 0.387. The minimum Gasteiger partial charge on any atom is -0.373 e. The van der Waals surface area contributed by atoms with Crippen molar-refractivity contribution in [3.8, 4) is 0 Å². The van der Waals surface area contributed by atoms with E-state index >= 15 is 0 Å². The van der Waals surface area contributed by atoms with Gasteiger partial charge in [-0.15, -0.1) is 0 Å². The molecule has 0 fully saturated rings. The lowest BCUT2D eigenvalue weighted by atomic mass is 10.0. The Kier molecular flexibility index (Phi) is 4.97. The summed E-state index contributed by atoms with van der Waals surface area (Å²) in [5, 5.41) is 3.25. The fourth-order valence-electron chi connectivity index (χ4n) is 2.86. The molecule has 1 aromatic heterocycles. The van der Waals surface area contributed by atoms with Crippen LogP contribution in [-0.4, -0.2) is 23.6 Å². The smallest absolute Gasteiger partial charge is 0.162 e. The van der Waals surface area contributed by atoms with E-state index in [1.54, 1.807) is 0 Å². The summed E-state index contributed by atoms with van der Waals surface area (Å²) in [5.74, 6) is 1.82. The highest BCUT2D eigenvalue weighted by atomic mass is 16.5. The maximum atomic E-state index is 5.93. The summed E-state index contributed by atoms with van der Waals surface area (Å²) >= 11 is 0. The first-order chi connectivity index (χ1) is 9.64. The molecule has 0 aliphatic heterocycles. The zero-order valence-corrected chi connectivity index (χ0v) is 13.3. The van der Waals surface area contributed by atoms with E-state index in [-0.39, 0.29) is 5.60 Å². The summed E-state index contributed by atoms with van der Waals surface area (Å²) in [4.78, 5) is 9.63. The van der Waals surface area contributed by atoms with E-state index in [4.69, 9.17) is 14.7 Å². The van der Waals surface area contributed by atoms with Crippen LogP contribution in [0.25, 0.3) is 0 Å². The molecule has 112 valence electrons. The summed E-state index contributed by atoms with van der Waals surface area (Å²) in [5.41, 5.74) is 2.14. The van der Waals surface area contributed by atoms with E-state index in [0.717, 1.165) is 30.9 Å². The first-order valence-corrected chi connectivity index (χ1v) is 7.86. The highest BCUT2D eigenvalue weighted by molar-refractivity contribution is 5.47. The zero-order valence-electron chi connectivity index (χ0n) is 13.3. The Morgan fingerprint density at radius 1 is 1.15 bits per heavy atom. The SMILES string of the molecule is CCOC(C)(CC)c1nc2c(c(NC)n1)CCCCC2. The van der Waals surface area contributed by atoms with E-state index in [2.05, 4.69) is 19.2 Å². The van der Waals surface area contributed by atoms with E-state index in [1.807, 2.05) is 14.0 Å². The number of ether oxygens (including phenoxy) is 1. The van der Waals surface area contributed by atoms with Crippen molar-refractivity contribution in [1.29, 1.82) is 0 Å². The Bertz CT molecular complexity index is 461. The van der Waals surface area contributed by atoms with Gasteiger partial charge in [0.05, 0.1) is 0 Å². The van der Waals surface area contributed by atoms with E-state index < -0.39 is 0 Å². The third-order valence-electron chi connectivity index (χ3n) is 4.28. The highest BCUT2D eigenvalue weighted by Gasteiger charge is 2.30. The monoisotopic (exact) mass is 277 g/mol. The van der Waals surface area contributed by atoms with Gasteiger partial charge in [0.25, 0.3) is 0 Å². The van der Waals surface area contributed by atoms with Crippen molar-refractivity contribution < 1.29 is 4.74 Å². The Morgan fingerprint density at radius 2 is 1.90 bits per heavy atom. The first kappa shape index (κ1) is 15.2. The largest absolute Gasteiger partial charge is 0.373 e. The third kappa shape index (κ3) is 2.95. The van der Waals surface area contributed by atoms with Crippen molar-refractivity contribution in [3.05, 3.63) is 17.1 Å². The number of aromatic nitrogens is 2. The van der Waals surface area contributed by atoms with Crippen LogP contribution in [0.3, 0.4) is 0 Å². The molecule has 2 rings (SSSR count). The molecule has 1 unspecified atom stereocenters. The molecule has 4 nitrogen and oxygen atoms in total. The maximum absolute atomic E-state index is 5.93. The normalized spacial score (nSPS) is 18.0. The standard InChI is InChI=1S/C16H27N3O/c1-5-16(3,20-6-2)15-18-13-11-9-7-8-10-12(13)14(17-4)19-15/h5-11H2,1-4H3,(H,17,18,19). The van der Waals surface area contributed by atoms with Crippen molar-refractivity contribution in [2.45, 2.75) is 64.9 Å². The van der Waals surface area contributed by atoms with Crippen LogP contribution in [-0.2, 0) is 23.2 Å². The van der Waals surface area contributed by atoms with E-state index in [1.165, 1.54) is 30.5 Å². The molecule has 1 aromatic rings. The van der Waals surface area contributed by atoms with Gasteiger partial charge in [0.2, 0.25) is 0 Å². The van der Waals surface area contributed by atoms with Crippen LogP contribution in [0.4, 0.5) is 5.82 Å². The van der Waals surface area contributed by atoms with Gasteiger partial charge in [0.1, 0.15) is 11.4 Å². The third-order valence-corrected chi connectivity index (χ3v) is 4.28. The molecule has 0 spiro atoms. The lowest BCUT2D eigenvalue weighted by Gasteiger charge is -2.28. The molecule has 1 aliphatic carbocycles. The number of hydrogen-bond donors (Lipinski definition) is 1. The van der Waals surface area contributed by atoms with Crippen LogP contribution in [0, 0.1) is 0 Å². The second kappa shape index (κ2) is 6.53. The Balaban J connectivity index is 2.47. The van der Waals surface area contributed by atoms with Gasteiger partial charge < -0.3 is 10.1 Å². The number of rotatable bonds is 5. The molecule has 4 heteroatoms. The van der Waals surface area contributed by atoms with Gasteiger partial charge in [0, 0.05) is 24.9 Å². The minimum atomic E-state index is -0.387. The van der Waals surface area contributed by atoms with Gasteiger partial charge in [-0.3, -0.25) is 0 Å². The molecule has 0 saturated carbocycles. The van der Waals surface area contributed by atoms with Gasteiger partial charge in [-0.2, -0.15) is 0 Å². The average Bonchev–Trinajstić information content (AvgIpc) is 2.71. The van der Waals surface area contributed by atoms with E-state index in [0.29, 0.717) is 6.61 Å². The summed E-state index contributed by atoms with van der Waals surface area (Å²) in [6.45, 7) is 6.92. The molecule has 20 heavy (non-hydrogen) atoms. The zero-order chi connectivity index (χ0) is 14.6. The van der Waals surface area contributed by atoms with Crippen LogP contribution < -0.4 is 5.32 Å². The molecule has 0 amide bonds. The number of aryl methyl sites for hydroxylation is 1. The van der Waals surface area contributed by atoms with Gasteiger partial charge >= 0.3 is 0 Å². The molecule has 0 radical (unpaired) electrons. The van der Waals surface area contributed by atoms with Gasteiger partial charge in [-0.25, -0.2) is 9.97 Å². The van der Waals surface area contributed by atoms with Crippen molar-refractivity contribution in [1.82, 2.24) is 9.97 Å². The topological polar surface area (TPSA) is 47.0 Å². The number of anilines is 1. The molecule has 0 aromatic carbocycles. The number of hydrogen-bond acceptors (Lipinski definition) is 4. The van der Waals surface area contributed by atoms with Gasteiger partial charge in [0.15, 0.2) is 5.82 Å². The van der Waals surface area contributed by atoms with Crippen molar-refractivity contribution in [3.63, 3.8) is 0 Å². The number of fused-ring (bicyclic) bond motifs is 1. The fourth-order valence-corrected chi connectivity index (χ4v) is 2.86. The Hall–Kier alpha value is -1.16. The second-order valence-corrected chi connectivity index (χ2v) is 5.65. The van der Waals surface area contributed by atoms with Crippen molar-refractivity contribution in [2.75, 3.05) is 19.0 Å². The summed E-state index contributed by atoms with van der Waals surface area (Å²) in [6.07, 6.45) is 6.77. The van der Waals surface area contributed by atoms with Crippen LogP contribution in [0.5, 0.6) is 0 Å². The lowest BCUT2D eigenvalue weighted by molar-refractivity contribution is -0.0391. The predicted molar refractivity (Wildman–Crippen MR) is 82.1 cm³/mol. The Labute approximate surface area is 122 Å². The molecule has 0 bridgehead atoms. The lowest BCUT2D eigenvalue weighted by Crippen LogP contribution is -2.29. The van der Waals surface area contributed by atoms with Crippen molar-refractivity contribution >= 4 is 5.82 Å². The van der Waals surface area contributed by atoms with Gasteiger partial charge in [-0.1, -0.05) is 13.3 Å². The van der Waals surface area contributed by atoms with Gasteiger partial charge in [-0.05, 0) is 46.0 Å². The summed E-state index contributed by atoms with van der Waals surface area (Å²) < 4.78 is 5.93. The number of nitrogens with one attached hydrogen (secondary N) is 1. The van der Waals surface area contributed by atoms with Crippen LogP contribution in [0.1, 0.15) is 63.5 Å². The summed E-state index contributed by atoms with van der Waals surface area (Å²) in [6, 6.07) is 0. The quantitative estimate of drug-likeness (QED) is 0.837. The molecule has 1 heterocycles. The van der Waals surface area contributed by atoms with Crippen LogP contribution >= 0.6 is 0 Å². The first-order valence-electron chi connectivity index (χ1n) is 7.86. The van der Waals surface area contributed by atoms with Crippen LogP contribution in [0.15, 0.2) is 0 Å². The summed E-state index contributed by atoms with van der Waals surface area (Å²) in [7, 11) is 1.95. The second-order valence-electron chi connectivity index (χ2n) is 5.65. The predicted octanol–water partition coefficient (Wildman–Crippen LogP) is 3.45. The van der Waals surface area contributed by atoms with Crippen molar-refractivity contribution in [2.24, 2.45) is 0 Å². The Morgan fingerprint density at radius 3 is 2.55 bits per heavy atom. The average molecular weight is 277 g/mol. The van der Waals surface area contributed by atoms with Crippen LogP contribution in [0.2, 0.25) is 0 Å². The molecular weight excluding hydrogens is 250 g/mol. The molecule has 0 saturated heterocycles. The number of nitrogens with zero attached hydrogens (tertiary/aromatic N) is 2. The molecule has 1 aliphatic rings. The van der Waals surface area contributed by atoms with E-state index in [9.17, 15) is 0 Å². The molecular formula is C16H27N3O. The molecule has 1 N–H and O–H groups in total. The fraction of sp³-hybridized carbons (Fsp3) is 0.750.